The molecular formula is C20H20N2O3. The third-order valence-corrected chi connectivity index (χ3v) is 3.88. The Morgan fingerprint density at radius 1 is 1.16 bits per heavy atom. The lowest BCUT2D eigenvalue weighted by atomic mass is 10.1. The number of nitrogens with zero attached hydrogens (tertiary/aromatic N) is 1. The minimum absolute atomic E-state index is 0.312. The van der Waals surface area contributed by atoms with Gasteiger partial charge in [0.1, 0.15) is 11.3 Å². The third kappa shape index (κ3) is 3.55. The molecule has 3 rings (SSSR count). The molecular weight excluding hydrogens is 316 g/mol. The van der Waals surface area contributed by atoms with Crippen LogP contribution in [0.5, 0.6) is 5.75 Å². The summed E-state index contributed by atoms with van der Waals surface area (Å²) in [5.41, 5.74) is 3.86. The lowest BCUT2D eigenvalue weighted by molar-refractivity contribution is 0.0527. The zero-order valence-electron chi connectivity index (χ0n) is 14.5. The Morgan fingerprint density at radius 3 is 2.60 bits per heavy atom. The molecule has 3 aromatic rings. The monoisotopic (exact) mass is 336 g/mol. The number of anilines is 2. The first kappa shape index (κ1) is 16.8. The molecule has 128 valence electrons. The molecule has 5 nitrogen and oxygen atoms in total. The molecule has 1 aromatic heterocycles. The van der Waals surface area contributed by atoms with Crippen LogP contribution in [0.2, 0.25) is 0 Å². The number of carbonyl (C=O) groups is 1. The first-order valence-electron chi connectivity index (χ1n) is 8.10. The van der Waals surface area contributed by atoms with Gasteiger partial charge in [-0.05, 0) is 50.2 Å². The van der Waals surface area contributed by atoms with Crippen molar-refractivity contribution >= 4 is 28.2 Å². The molecule has 0 radical (unpaired) electrons. The van der Waals surface area contributed by atoms with Crippen molar-refractivity contribution in [2.75, 3.05) is 19.0 Å². The van der Waals surface area contributed by atoms with Gasteiger partial charge in [-0.25, -0.2) is 4.79 Å². The number of benzene rings is 2. The maximum atomic E-state index is 12.4. The van der Waals surface area contributed by atoms with Gasteiger partial charge in [-0.2, -0.15) is 0 Å². The number of ether oxygens (including phenoxy) is 2. The minimum atomic E-state index is -0.394. The highest BCUT2D eigenvalue weighted by molar-refractivity contribution is 6.06. The lowest BCUT2D eigenvalue weighted by Crippen LogP contribution is -2.09. The second kappa shape index (κ2) is 7.21. The molecule has 0 aliphatic heterocycles. The number of hydrogen-bond donors (Lipinski definition) is 1. The van der Waals surface area contributed by atoms with E-state index < -0.39 is 5.97 Å². The molecule has 0 spiro atoms. The molecule has 0 atom stereocenters. The van der Waals surface area contributed by atoms with Gasteiger partial charge in [0.15, 0.2) is 0 Å². The number of fused-ring (bicyclic) bond motifs is 1. The van der Waals surface area contributed by atoms with Gasteiger partial charge in [-0.3, -0.25) is 4.98 Å². The van der Waals surface area contributed by atoms with Gasteiger partial charge in [0.25, 0.3) is 0 Å². The summed E-state index contributed by atoms with van der Waals surface area (Å²) in [4.78, 5) is 16.8. The summed E-state index contributed by atoms with van der Waals surface area (Å²) in [5, 5.41) is 4.21. The Kier molecular flexibility index (Phi) is 4.84. The highest BCUT2D eigenvalue weighted by atomic mass is 16.5. The standard InChI is InChI=1S/C20H20N2O3/c1-4-25-20(23)17-12-21-18-10-5-13(2)11-16(18)19(17)22-14-6-8-15(24-3)9-7-14/h5-12H,4H2,1-3H3,(H,21,22). The molecule has 25 heavy (non-hydrogen) atoms. The Bertz CT molecular complexity index is 905. The predicted molar refractivity (Wildman–Crippen MR) is 98.7 cm³/mol. The van der Waals surface area contributed by atoms with E-state index in [0.717, 1.165) is 27.9 Å². The second-order valence-electron chi connectivity index (χ2n) is 5.64. The van der Waals surface area contributed by atoms with Gasteiger partial charge in [0.2, 0.25) is 0 Å². The smallest absolute Gasteiger partial charge is 0.341 e. The highest BCUT2D eigenvalue weighted by Gasteiger charge is 2.17. The van der Waals surface area contributed by atoms with Crippen molar-refractivity contribution in [3.05, 3.63) is 59.8 Å². The Morgan fingerprint density at radius 2 is 1.92 bits per heavy atom. The molecule has 0 saturated carbocycles. The molecule has 0 aliphatic carbocycles. The Balaban J connectivity index is 2.12. The lowest BCUT2D eigenvalue weighted by Gasteiger charge is -2.15. The van der Waals surface area contributed by atoms with Gasteiger partial charge in [-0.1, -0.05) is 11.6 Å². The van der Waals surface area contributed by atoms with Crippen molar-refractivity contribution in [3.63, 3.8) is 0 Å². The topological polar surface area (TPSA) is 60.5 Å². The quantitative estimate of drug-likeness (QED) is 0.697. The Hall–Kier alpha value is -3.08. The van der Waals surface area contributed by atoms with E-state index in [9.17, 15) is 4.79 Å². The van der Waals surface area contributed by atoms with Gasteiger partial charge < -0.3 is 14.8 Å². The van der Waals surface area contributed by atoms with Gasteiger partial charge >= 0.3 is 5.97 Å². The number of aryl methyl sites for hydroxylation is 1. The largest absolute Gasteiger partial charge is 0.497 e. The molecule has 2 aromatic carbocycles. The zero-order chi connectivity index (χ0) is 17.8. The second-order valence-corrected chi connectivity index (χ2v) is 5.64. The van der Waals surface area contributed by atoms with E-state index in [-0.39, 0.29) is 0 Å². The van der Waals surface area contributed by atoms with Crippen molar-refractivity contribution < 1.29 is 14.3 Å². The first-order chi connectivity index (χ1) is 12.1. The van der Waals surface area contributed by atoms with Crippen LogP contribution in [-0.2, 0) is 4.74 Å². The van der Waals surface area contributed by atoms with E-state index in [1.165, 1.54) is 0 Å². The normalized spacial score (nSPS) is 10.5. The number of esters is 1. The van der Waals surface area contributed by atoms with E-state index in [4.69, 9.17) is 9.47 Å². The highest BCUT2D eigenvalue weighted by Crippen LogP contribution is 2.31. The summed E-state index contributed by atoms with van der Waals surface area (Å²) in [6.45, 7) is 4.10. The van der Waals surface area contributed by atoms with Crippen LogP contribution >= 0.6 is 0 Å². The van der Waals surface area contributed by atoms with Gasteiger partial charge in [0, 0.05) is 17.3 Å². The molecule has 1 heterocycles. The fourth-order valence-corrected chi connectivity index (χ4v) is 2.62. The average molecular weight is 336 g/mol. The minimum Gasteiger partial charge on any atom is -0.497 e. The van der Waals surface area contributed by atoms with Crippen molar-refractivity contribution in [3.8, 4) is 5.75 Å². The molecule has 1 N–H and O–H groups in total. The van der Waals surface area contributed by atoms with Crippen LogP contribution in [0, 0.1) is 6.92 Å². The predicted octanol–water partition coefficient (Wildman–Crippen LogP) is 4.47. The van der Waals surface area contributed by atoms with Crippen LogP contribution in [0.4, 0.5) is 11.4 Å². The van der Waals surface area contributed by atoms with Crippen LogP contribution in [0.25, 0.3) is 10.9 Å². The summed E-state index contributed by atoms with van der Waals surface area (Å²) in [5.74, 6) is 0.376. The van der Waals surface area contributed by atoms with Crippen LogP contribution in [0.15, 0.2) is 48.7 Å². The summed E-state index contributed by atoms with van der Waals surface area (Å²) in [6.07, 6.45) is 1.56. The number of nitrogens with one attached hydrogen (secondary N) is 1. The van der Waals surface area contributed by atoms with E-state index in [1.54, 1.807) is 20.2 Å². The number of methoxy groups -OCH3 is 1. The van der Waals surface area contributed by atoms with Crippen LogP contribution in [0.1, 0.15) is 22.8 Å². The number of carbonyl (C=O) groups excluding carboxylic acids is 1. The molecule has 0 fully saturated rings. The van der Waals surface area contributed by atoms with E-state index >= 15 is 0 Å². The zero-order valence-corrected chi connectivity index (χ0v) is 14.5. The van der Waals surface area contributed by atoms with Crippen LogP contribution in [-0.4, -0.2) is 24.7 Å². The van der Waals surface area contributed by atoms with Crippen molar-refractivity contribution in [2.45, 2.75) is 13.8 Å². The molecule has 0 saturated heterocycles. The maximum absolute atomic E-state index is 12.4. The molecule has 0 bridgehead atoms. The van der Waals surface area contributed by atoms with Crippen molar-refractivity contribution in [1.82, 2.24) is 4.98 Å². The SMILES string of the molecule is CCOC(=O)c1cnc2ccc(C)cc2c1Nc1ccc(OC)cc1. The number of pyridine rings is 1. The van der Waals surface area contributed by atoms with E-state index in [1.807, 2.05) is 49.4 Å². The number of hydrogen-bond acceptors (Lipinski definition) is 5. The molecule has 0 amide bonds. The summed E-state index contributed by atoms with van der Waals surface area (Å²) < 4.78 is 10.4. The number of rotatable bonds is 5. The van der Waals surface area contributed by atoms with E-state index in [0.29, 0.717) is 17.9 Å². The third-order valence-electron chi connectivity index (χ3n) is 3.88. The Labute approximate surface area is 146 Å². The first-order valence-corrected chi connectivity index (χ1v) is 8.10. The molecule has 0 aliphatic rings. The summed E-state index contributed by atoms with van der Waals surface area (Å²) in [7, 11) is 1.63. The van der Waals surface area contributed by atoms with E-state index in [2.05, 4.69) is 10.3 Å². The summed E-state index contributed by atoms with van der Waals surface area (Å²) in [6, 6.07) is 13.5. The van der Waals surface area contributed by atoms with Crippen molar-refractivity contribution in [1.29, 1.82) is 0 Å². The average Bonchev–Trinajstić information content (AvgIpc) is 2.63. The fraction of sp³-hybridized carbons (Fsp3) is 0.200. The van der Waals surface area contributed by atoms with Crippen molar-refractivity contribution in [2.24, 2.45) is 0 Å². The number of aromatic nitrogens is 1. The van der Waals surface area contributed by atoms with Gasteiger partial charge in [-0.15, -0.1) is 0 Å². The fourth-order valence-electron chi connectivity index (χ4n) is 2.62. The van der Waals surface area contributed by atoms with Crippen LogP contribution < -0.4 is 10.1 Å². The van der Waals surface area contributed by atoms with Gasteiger partial charge in [0.05, 0.1) is 24.9 Å². The summed E-state index contributed by atoms with van der Waals surface area (Å²) >= 11 is 0. The molecule has 5 heteroatoms. The maximum Gasteiger partial charge on any atom is 0.341 e. The van der Waals surface area contributed by atoms with Crippen LogP contribution in [0.3, 0.4) is 0 Å². The molecule has 0 unspecified atom stereocenters.